The Balaban J connectivity index is 1.59. The van der Waals surface area contributed by atoms with E-state index in [1.54, 1.807) is 17.1 Å². The molecule has 0 saturated heterocycles. The first-order valence-corrected chi connectivity index (χ1v) is 9.48. The molecule has 1 aliphatic rings. The van der Waals surface area contributed by atoms with Gasteiger partial charge in [-0.05, 0) is 48.7 Å². The summed E-state index contributed by atoms with van der Waals surface area (Å²) in [5.74, 6) is 0.616. The summed E-state index contributed by atoms with van der Waals surface area (Å²) in [6, 6.07) is 14.1. The van der Waals surface area contributed by atoms with Crippen LogP contribution >= 0.6 is 0 Å². The third kappa shape index (κ3) is 2.82. The SMILES string of the molecule is C=NN(c1nc(-c2cnn(C)c2)ccc1N)C1(c2ccc3ncccc3c2)CC1. The van der Waals surface area contributed by atoms with Crippen LogP contribution < -0.4 is 10.7 Å². The number of hydrogen-bond acceptors (Lipinski definition) is 6. The van der Waals surface area contributed by atoms with E-state index in [0.717, 1.165) is 35.0 Å². The predicted molar refractivity (Wildman–Crippen MR) is 116 cm³/mol. The molecule has 1 fully saturated rings. The highest BCUT2D eigenvalue weighted by Crippen LogP contribution is 2.53. The van der Waals surface area contributed by atoms with E-state index < -0.39 is 0 Å². The first kappa shape index (κ1) is 17.4. The second kappa shape index (κ2) is 6.41. The first-order chi connectivity index (χ1) is 14.1. The zero-order valence-corrected chi connectivity index (χ0v) is 16.2. The third-order valence-corrected chi connectivity index (χ3v) is 5.52. The molecule has 29 heavy (non-hydrogen) atoms. The Bertz CT molecular complexity index is 1220. The molecule has 3 aromatic heterocycles. The van der Waals surface area contributed by atoms with E-state index in [-0.39, 0.29) is 5.54 Å². The van der Waals surface area contributed by atoms with Gasteiger partial charge in [-0.1, -0.05) is 12.1 Å². The van der Waals surface area contributed by atoms with Crippen molar-refractivity contribution in [2.75, 3.05) is 10.7 Å². The van der Waals surface area contributed by atoms with Crippen LogP contribution in [0.1, 0.15) is 18.4 Å². The van der Waals surface area contributed by atoms with Crippen molar-refractivity contribution < 1.29 is 0 Å². The second-order valence-corrected chi connectivity index (χ2v) is 7.41. The summed E-state index contributed by atoms with van der Waals surface area (Å²) in [6.07, 6.45) is 7.43. The van der Waals surface area contributed by atoms with Gasteiger partial charge in [0.25, 0.3) is 0 Å². The minimum atomic E-state index is -0.291. The minimum Gasteiger partial charge on any atom is -0.396 e. The van der Waals surface area contributed by atoms with Crippen molar-refractivity contribution in [3.8, 4) is 11.3 Å². The van der Waals surface area contributed by atoms with E-state index >= 15 is 0 Å². The fraction of sp³-hybridized carbons (Fsp3) is 0.182. The van der Waals surface area contributed by atoms with Gasteiger partial charge < -0.3 is 5.73 Å². The zero-order valence-electron chi connectivity index (χ0n) is 16.2. The minimum absolute atomic E-state index is 0.291. The molecule has 5 rings (SSSR count). The molecule has 0 radical (unpaired) electrons. The number of hydrogen-bond donors (Lipinski definition) is 1. The van der Waals surface area contributed by atoms with Crippen LogP contribution in [0, 0.1) is 0 Å². The van der Waals surface area contributed by atoms with Crippen molar-refractivity contribution >= 4 is 29.1 Å². The molecule has 3 heterocycles. The first-order valence-electron chi connectivity index (χ1n) is 9.48. The van der Waals surface area contributed by atoms with Crippen molar-refractivity contribution in [2.24, 2.45) is 12.1 Å². The van der Waals surface area contributed by atoms with E-state index in [1.165, 1.54) is 5.56 Å². The summed E-state index contributed by atoms with van der Waals surface area (Å²) < 4.78 is 1.75. The van der Waals surface area contributed by atoms with Crippen molar-refractivity contribution in [2.45, 2.75) is 18.4 Å². The Labute approximate surface area is 168 Å². The summed E-state index contributed by atoms with van der Waals surface area (Å²) in [6.45, 7) is 3.83. The highest BCUT2D eigenvalue weighted by molar-refractivity contribution is 5.80. The highest BCUT2D eigenvalue weighted by Gasteiger charge is 2.51. The van der Waals surface area contributed by atoms with Gasteiger partial charge in [-0.15, -0.1) is 0 Å². The standard InChI is InChI=1S/C22H21N7/c1-24-29(21-18(23)6-8-20(27-21)16-13-26-28(2)14-16)22(9-10-22)17-5-7-19-15(12-17)4-3-11-25-19/h3-8,11-14H,1,9-10,23H2,2H3. The van der Waals surface area contributed by atoms with E-state index in [1.807, 2.05) is 36.5 Å². The number of anilines is 2. The molecule has 7 heteroatoms. The van der Waals surface area contributed by atoms with Gasteiger partial charge in [0.05, 0.1) is 28.6 Å². The van der Waals surface area contributed by atoms with Gasteiger partial charge in [0.2, 0.25) is 0 Å². The maximum Gasteiger partial charge on any atom is 0.173 e. The molecule has 144 valence electrons. The van der Waals surface area contributed by atoms with Crippen LogP contribution in [0.25, 0.3) is 22.2 Å². The van der Waals surface area contributed by atoms with E-state index in [9.17, 15) is 0 Å². The van der Waals surface area contributed by atoms with Crippen LogP contribution in [-0.2, 0) is 12.6 Å². The van der Waals surface area contributed by atoms with Crippen molar-refractivity contribution in [1.82, 2.24) is 19.7 Å². The quantitative estimate of drug-likeness (QED) is 0.419. The maximum absolute atomic E-state index is 6.32. The molecule has 0 aliphatic heterocycles. The van der Waals surface area contributed by atoms with Crippen LogP contribution in [0.3, 0.4) is 0 Å². The normalized spacial score (nSPS) is 14.7. The predicted octanol–water partition coefficient (Wildman–Crippen LogP) is 3.72. The van der Waals surface area contributed by atoms with Crippen LogP contribution in [-0.4, -0.2) is 26.5 Å². The lowest BCUT2D eigenvalue weighted by atomic mass is 10.0. The van der Waals surface area contributed by atoms with E-state index in [2.05, 4.69) is 46.2 Å². The molecular weight excluding hydrogens is 362 g/mol. The van der Waals surface area contributed by atoms with Gasteiger partial charge in [0.1, 0.15) is 0 Å². The number of nitrogens with zero attached hydrogens (tertiary/aromatic N) is 6. The number of fused-ring (bicyclic) bond motifs is 1. The van der Waals surface area contributed by atoms with Gasteiger partial charge in [-0.2, -0.15) is 10.2 Å². The van der Waals surface area contributed by atoms with Crippen LogP contribution in [0.5, 0.6) is 0 Å². The number of aryl methyl sites for hydroxylation is 1. The van der Waals surface area contributed by atoms with Gasteiger partial charge in [0, 0.05) is 37.1 Å². The number of nitrogens with two attached hydrogens (primary N) is 1. The largest absolute Gasteiger partial charge is 0.396 e. The van der Waals surface area contributed by atoms with Gasteiger partial charge in [0.15, 0.2) is 5.82 Å². The van der Waals surface area contributed by atoms with E-state index in [0.29, 0.717) is 11.5 Å². The van der Waals surface area contributed by atoms with Crippen LogP contribution in [0.15, 0.2) is 66.2 Å². The Morgan fingerprint density at radius 3 is 2.79 bits per heavy atom. The molecule has 0 bridgehead atoms. The summed E-state index contributed by atoms with van der Waals surface area (Å²) in [7, 11) is 1.88. The molecule has 0 spiro atoms. The maximum atomic E-state index is 6.32. The summed E-state index contributed by atoms with van der Waals surface area (Å²) in [5, 5.41) is 11.6. The summed E-state index contributed by atoms with van der Waals surface area (Å²) in [5.41, 5.74) is 10.5. The number of aromatic nitrogens is 4. The number of nitrogen functional groups attached to an aromatic ring is 1. The van der Waals surface area contributed by atoms with Crippen molar-refractivity contribution in [3.63, 3.8) is 0 Å². The number of rotatable bonds is 5. The lowest BCUT2D eigenvalue weighted by Crippen LogP contribution is -2.32. The summed E-state index contributed by atoms with van der Waals surface area (Å²) in [4.78, 5) is 9.24. The lowest BCUT2D eigenvalue weighted by Gasteiger charge is -2.29. The van der Waals surface area contributed by atoms with Crippen molar-refractivity contribution in [3.05, 3.63) is 66.6 Å². The zero-order chi connectivity index (χ0) is 20.0. The molecule has 1 aromatic carbocycles. The average Bonchev–Trinajstić information content (AvgIpc) is 3.43. The second-order valence-electron chi connectivity index (χ2n) is 7.41. The molecule has 0 amide bonds. The highest BCUT2D eigenvalue weighted by atomic mass is 15.5. The summed E-state index contributed by atoms with van der Waals surface area (Å²) >= 11 is 0. The van der Waals surface area contributed by atoms with E-state index in [4.69, 9.17) is 10.7 Å². The Kier molecular flexibility index (Phi) is 3.84. The lowest BCUT2D eigenvalue weighted by molar-refractivity contribution is 0.633. The Morgan fingerprint density at radius 1 is 1.21 bits per heavy atom. The topological polar surface area (TPSA) is 85.2 Å². The molecule has 0 atom stereocenters. The fourth-order valence-electron chi connectivity index (χ4n) is 3.85. The Hall–Kier alpha value is -3.74. The van der Waals surface area contributed by atoms with Gasteiger partial charge >= 0.3 is 0 Å². The molecule has 0 unspecified atom stereocenters. The smallest absolute Gasteiger partial charge is 0.173 e. The molecule has 2 N–H and O–H groups in total. The van der Waals surface area contributed by atoms with Crippen LogP contribution in [0.4, 0.5) is 11.5 Å². The molecule has 1 saturated carbocycles. The molecule has 1 aliphatic carbocycles. The number of hydrazone groups is 1. The average molecular weight is 383 g/mol. The molecule has 4 aromatic rings. The number of pyridine rings is 2. The molecule has 7 nitrogen and oxygen atoms in total. The molecular formula is C22H21N7. The monoisotopic (exact) mass is 383 g/mol. The number of benzene rings is 1. The third-order valence-electron chi connectivity index (χ3n) is 5.52. The Morgan fingerprint density at radius 2 is 2.07 bits per heavy atom. The van der Waals surface area contributed by atoms with Gasteiger partial charge in [-0.3, -0.25) is 9.67 Å². The fourth-order valence-corrected chi connectivity index (χ4v) is 3.85. The van der Waals surface area contributed by atoms with Gasteiger partial charge in [-0.25, -0.2) is 9.99 Å². The van der Waals surface area contributed by atoms with Crippen molar-refractivity contribution in [1.29, 1.82) is 0 Å². The van der Waals surface area contributed by atoms with Crippen LogP contribution in [0.2, 0.25) is 0 Å².